The number of aromatic hydroxyl groups is 1. The number of carbonyl (C=O) groups is 1. The van der Waals surface area contributed by atoms with E-state index in [-0.39, 0.29) is 25.5 Å². The first kappa shape index (κ1) is 20.7. The molecule has 6 nitrogen and oxygen atoms in total. The fourth-order valence-corrected chi connectivity index (χ4v) is 2.64. The highest BCUT2D eigenvalue weighted by molar-refractivity contribution is 5.68. The molecular formula is C21H27NO5. The van der Waals surface area contributed by atoms with E-state index in [2.05, 4.69) is 0 Å². The minimum absolute atomic E-state index is 0.0206. The van der Waals surface area contributed by atoms with E-state index in [0.29, 0.717) is 11.1 Å². The molecule has 27 heavy (non-hydrogen) atoms. The second-order valence-corrected chi connectivity index (χ2v) is 7.38. The molecule has 0 spiro atoms. The van der Waals surface area contributed by atoms with Crippen molar-refractivity contribution in [3.63, 3.8) is 0 Å². The lowest BCUT2D eigenvalue weighted by Gasteiger charge is -2.36. The molecule has 0 heterocycles. The molecule has 3 N–H and O–H groups in total. The molecule has 2 aromatic carbocycles. The van der Waals surface area contributed by atoms with Crippen LogP contribution >= 0.6 is 0 Å². The summed E-state index contributed by atoms with van der Waals surface area (Å²) in [7, 11) is 0. The quantitative estimate of drug-likeness (QED) is 0.722. The van der Waals surface area contributed by atoms with Crippen molar-refractivity contribution in [3.8, 4) is 5.75 Å². The third-order valence-electron chi connectivity index (χ3n) is 4.25. The summed E-state index contributed by atoms with van der Waals surface area (Å²) >= 11 is 0. The minimum atomic E-state index is -0.987. The van der Waals surface area contributed by atoms with E-state index in [1.165, 1.54) is 17.0 Å². The largest absolute Gasteiger partial charge is 0.508 e. The Hall–Kier alpha value is -2.57. The molecule has 1 amide bonds. The molecule has 0 aliphatic carbocycles. The van der Waals surface area contributed by atoms with E-state index in [9.17, 15) is 20.1 Å². The molecule has 0 radical (unpaired) electrons. The highest BCUT2D eigenvalue weighted by Gasteiger charge is 2.30. The number of β-amino-alcohol motifs (C(OH)–C–C–N with tert-alkyl or cyclic N) is 1. The van der Waals surface area contributed by atoms with E-state index in [0.717, 1.165) is 5.56 Å². The fourth-order valence-electron chi connectivity index (χ4n) is 2.64. The molecular weight excluding hydrogens is 346 g/mol. The van der Waals surface area contributed by atoms with Crippen LogP contribution in [-0.2, 0) is 18.0 Å². The van der Waals surface area contributed by atoms with E-state index in [1.807, 2.05) is 51.1 Å². The van der Waals surface area contributed by atoms with Crippen molar-refractivity contribution in [1.82, 2.24) is 4.90 Å². The summed E-state index contributed by atoms with van der Waals surface area (Å²) < 4.78 is 5.41. The number of aliphatic hydroxyl groups is 2. The molecule has 2 aromatic rings. The molecule has 0 saturated carbocycles. The van der Waals surface area contributed by atoms with Gasteiger partial charge in [0.1, 0.15) is 12.4 Å². The summed E-state index contributed by atoms with van der Waals surface area (Å²) in [5, 5.41) is 29.5. The predicted molar refractivity (Wildman–Crippen MR) is 102 cm³/mol. The van der Waals surface area contributed by atoms with Gasteiger partial charge in [0, 0.05) is 11.1 Å². The van der Waals surface area contributed by atoms with E-state index in [1.54, 1.807) is 6.07 Å². The SMILES string of the molecule is CC(C)(C)N(CC(O)c1ccc(O)c(CO)c1)C(=O)OCc1ccccc1. The lowest BCUT2D eigenvalue weighted by molar-refractivity contribution is 0.0330. The number of aliphatic hydroxyl groups excluding tert-OH is 2. The van der Waals surface area contributed by atoms with Crippen LogP contribution in [0.5, 0.6) is 5.75 Å². The number of benzene rings is 2. The summed E-state index contributed by atoms with van der Waals surface area (Å²) in [5.41, 5.74) is 1.14. The second-order valence-electron chi connectivity index (χ2n) is 7.38. The maximum Gasteiger partial charge on any atom is 0.410 e. The summed E-state index contributed by atoms with van der Waals surface area (Å²) in [6.45, 7) is 5.41. The van der Waals surface area contributed by atoms with Crippen molar-refractivity contribution >= 4 is 6.09 Å². The average Bonchev–Trinajstić information content (AvgIpc) is 2.64. The van der Waals surface area contributed by atoms with Crippen LogP contribution in [0.25, 0.3) is 0 Å². The van der Waals surface area contributed by atoms with Crippen LogP contribution in [0.3, 0.4) is 0 Å². The van der Waals surface area contributed by atoms with Gasteiger partial charge in [0.15, 0.2) is 0 Å². The Labute approximate surface area is 159 Å². The monoisotopic (exact) mass is 373 g/mol. The molecule has 0 aliphatic rings. The Morgan fingerprint density at radius 3 is 2.41 bits per heavy atom. The third kappa shape index (κ3) is 5.70. The second kappa shape index (κ2) is 8.88. The van der Waals surface area contributed by atoms with Crippen LogP contribution < -0.4 is 0 Å². The van der Waals surface area contributed by atoms with Gasteiger partial charge < -0.3 is 25.0 Å². The van der Waals surface area contributed by atoms with Crippen LogP contribution in [0.4, 0.5) is 4.79 Å². The zero-order valence-electron chi connectivity index (χ0n) is 15.9. The van der Waals surface area contributed by atoms with E-state index >= 15 is 0 Å². The highest BCUT2D eigenvalue weighted by atomic mass is 16.6. The number of nitrogens with zero attached hydrogens (tertiary/aromatic N) is 1. The van der Waals surface area contributed by atoms with E-state index in [4.69, 9.17) is 4.74 Å². The maximum absolute atomic E-state index is 12.6. The molecule has 0 fully saturated rings. The normalized spacial score (nSPS) is 12.5. The molecule has 2 rings (SSSR count). The molecule has 0 saturated heterocycles. The van der Waals surface area contributed by atoms with Crippen LogP contribution in [0, 0.1) is 0 Å². The number of rotatable bonds is 6. The number of carbonyl (C=O) groups excluding carboxylic acids is 1. The molecule has 146 valence electrons. The minimum Gasteiger partial charge on any atom is -0.508 e. The first-order valence-electron chi connectivity index (χ1n) is 8.81. The van der Waals surface area contributed by atoms with Crippen molar-refractivity contribution in [2.75, 3.05) is 6.54 Å². The standard InChI is InChI=1S/C21H27NO5/c1-21(2,3)22(20(26)27-14-15-7-5-4-6-8-15)12-19(25)16-9-10-18(24)17(11-16)13-23/h4-11,19,23-25H,12-14H2,1-3H3. The highest BCUT2D eigenvalue weighted by Crippen LogP contribution is 2.25. The number of phenols is 1. The van der Waals surface area contributed by atoms with Crippen molar-refractivity contribution in [1.29, 1.82) is 0 Å². The van der Waals surface area contributed by atoms with Gasteiger partial charge in [-0.25, -0.2) is 4.79 Å². The lowest BCUT2D eigenvalue weighted by Crippen LogP contribution is -2.47. The Kier molecular flexibility index (Phi) is 6.82. The number of hydrogen-bond donors (Lipinski definition) is 3. The molecule has 1 atom stereocenters. The topological polar surface area (TPSA) is 90.2 Å². The number of ether oxygens (including phenoxy) is 1. The average molecular weight is 373 g/mol. The predicted octanol–water partition coefficient (Wildman–Crippen LogP) is 3.36. The Bertz CT molecular complexity index is 755. The number of hydrogen-bond acceptors (Lipinski definition) is 5. The van der Waals surface area contributed by atoms with Gasteiger partial charge in [0.05, 0.1) is 19.3 Å². The van der Waals surface area contributed by atoms with Gasteiger partial charge >= 0.3 is 6.09 Å². The molecule has 0 bridgehead atoms. The van der Waals surface area contributed by atoms with E-state index < -0.39 is 17.7 Å². The van der Waals surface area contributed by atoms with Gasteiger partial charge in [-0.3, -0.25) is 0 Å². The molecule has 0 aliphatic heterocycles. The van der Waals surface area contributed by atoms with Crippen LogP contribution in [-0.4, -0.2) is 38.4 Å². The van der Waals surface area contributed by atoms with Gasteiger partial charge in [0.2, 0.25) is 0 Å². The molecule has 1 unspecified atom stereocenters. The van der Waals surface area contributed by atoms with Crippen molar-refractivity contribution in [2.45, 2.75) is 45.6 Å². The van der Waals surface area contributed by atoms with Gasteiger partial charge in [-0.05, 0) is 44.0 Å². The fraction of sp³-hybridized carbons (Fsp3) is 0.381. The lowest BCUT2D eigenvalue weighted by atomic mass is 10.0. The van der Waals surface area contributed by atoms with Gasteiger partial charge in [0.25, 0.3) is 0 Å². The van der Waals surface area contributed by atoms with Gasteiger partial charge in [-0.15, -0.1) is 0 Å². The maximum atomic E-state index is 12.6. The summed E-state index contributed by atoms with van der Waals surface area (Å²) in [6.07, 6.45) is -1.51. The third-order valence-corrected chi connectivity index (χ3v) is 4.25. The Morgan fingerprint density at radius 1 is 1.15 bits per heavy atom. The Morgan fingerprint density at radius 2 is 1.81 bits per heavy atom. The zero-order chi connectivity index (χ0) is 20.0. The smallest absolute Gasteiger partial charge is 0.410 e. The van der Waals surface area contributed by atoms with Gasteiger partial charge in [-0.1, -0.05) is 36.4 Å². The van der Waals surface area contributed by atoms with Gasteiger partial charge in [-0.2, -0.15) is 0 Å². The van der Waals surface area contributed by atoms with Crippen LogP contribution in [0.15, 0.2) is 48.5 Å². The summed E-state index contributed by atoms with van der Waals surface area (Å²) in [4.78, 5) is 14.1. The first-order valence-corrected chi connectivity index (χ1v) is 8.81. The first-order chi connectivity index (χ1) is 12.7. The van der Waals surface area contributed by atoms with Crippen molar-refractivity contribution in [3.05, 3.63) is 65.2 Å². The molecule has 0 aromatic heterocycles. The zero-order valence-corrected chi connectivity index (χ0v) is 15.9. The molecule has 6 heteroatoms. The van der Waals surface area contributed by atoms with Crippen molar-refractivity contribution < 1.29 is 24.9 Å². The number of amides is 1. The van der Waals surface area contributed by atoms with Crippen LogP contribution in [0.1, 0.15) is 43.6 Å². The van der Waals surface area contributed by atoms with Crippen LogP contribution in [0.2, 0.25) is 0 Å². The summed E-state index contributed by atoms with van der Waals surface area (Å²) in [6, 6.07) is 13.9. The summed E-state index contributed by atoms with van der Waals surface area (Å²) in [5.74, 6) is -0.0385. The van der Waals surface area contributed by atoms with Crippen molar-refractivity contribution in [2.24, 2.45) is 0 Å². The Balaban J connectivity index is 2.10.